The standard InChI is InChI=1S/C17H24N2O3/c1-12(5-10-16(20)18-22)11-13(2)17(21)14-6-8-15(9-7-14)19(3)4/h5-10,12-13,22H,11H2,1-4H3,(H,18,20)/b10-5+/t12?,13-/m1/s1. The van der Waals surface area contributed by atoms with Crippen molar-refractivity contribution in [2.24, 2.45) is 11.8 Å². The van der Waals surface area contributed by atoms with E-state index >= 15 is 0 Å². The van der Waals surface area contributed by atoms with Gasteiger partial charge in [0.15, 0.2) is 5.78 Å². The third kappa shape index (κ3) is 5.33. The molecule has 0 spiro atoms. The van der Waals surface area contributed by atoms with Crippen LogP contribution in [0.2, 0.25) is 0 Å². The maximum absolute atomic E-state index is 12.4. The monoisotopic (exact) mass is 304 g/mol. The Labute approximate surface area is 131 Å². The van der Waals surface area contributed by atoms with Crippen molar-refractivity contribution < 1.29 is 14.8 Å². The molecule has 120 valence electrons. The van der Waals surface area contributed by atoms with Gasteiger partial charge in [0.25, 0.3) is 5.91 Å². The number of allylic oxidation sites excluding steroid dienone is 1. The Kier molecular flexibility index (Phi) is 6.79. The lowest BCUT2D eigenvalue weighted by Gasteiger charge is -2.15. The first-order valence-electron chi connectivity index (χ1n) is 7.29. The highest BCUT2D eigenvalue weighted by Gasteiger charge is 2.17. The van der Waals surface area contributed by atoms with Gasteiger partial charge in [-0.1, -0.05) is 19.9 Å². The lowest BCUT2D eigenvalue weighted by molar-refractivity contribution is -0.124. The summed E-state index contributed by atoms with van der Waals surface area (Å²) in [6.07, 6.45) is 3.60. The van der Waals surface area contributed by atoms with Gasteiger partial charge in [-0.15, -0.1) is 0 Å². The molecule has 0 bridgehead atoms. The van der Waals surface area contributed by atoms with Crippen molar-refractivity contribution >= 4 is 17.4 Å². The van der Waals surface area contributed by atoms with Gasteiger partial charge < -0.3 is 4.90 Å². The van der Waals surface area contributed by atoms with E-state index in [1.807, 2.05) is 57.1 Å². The van der Waals surface area contributed by atoms with Crippen LogP contribution < -0.4 is 10.4 Å². The molecule has 1 aromatic carbocycles. The summed E-state index contributed by atoms with van der Waals surface area (Å²) in [5.41, 5.74) is 3.29. The largest absolute Gasteiger partial charge is 0.378 e. The van der Waals surface area contributed by atoms with Crippen molar-refractivity contribution in [1.82, 2.24) is 5.48 Å². The van der Waals surface area contributed by atoms with Gasteiger partial charge in [-0.25, -0.2) is 5.48 Å². The second-order valence-corrected chi connectivity index (χ2v) is 5.75. The van der Waals surface area contributed by atoms with Crippen molar-refractivity contribution in [3.05, 3.63) is 42.0 Å². The molecule has 0 fully saturated rings. The van der Waals surface area contributed by atoms with Gasteiger partial charge in [0, 0.05) is 37.3 Å². The van der Waals surface area contributed by atoms with Crippen molar-refractivity contribution in [1.29, 1.82) is 0 Å². The van der Waals surface area contributed by atoms with Crippen molar-refractivity contribution in [2.45, 2.75) is 20.3 Å². The molecule has 5 nitrogen and oxygen atoms in total. The quantitative estimate of drug-likeness (QED) is 0.352. The molecule has 0 aliphatic carbocycles. The molecule has 0 saturated carbocycles. The van der Waals surface area contributed by atoms with Gasteiger partial charge >= 0.3 is 0 Å². The van der Waals surface area contributed by atoms with E-state index in [0.717, 1.165) is 5.69 Å². The number of carbonyl (C=O) groups is 2. The number of benzene rings is 1. The molecular weight excluding hydrogens is 280 g/mol. The van der Waals surface area contributed by atoms with E-state index < -0.39 is 5.91 Å². The normalized spacial score (nSPS) is 13.7. The van der Waals surface area contributed by atoms with Crippen LogP contribution in [0.3, 0.4) is 0 Å². The minimum absolute atomic E-state index is 0.0669. The molecule has 0 aromatic heterocycles. The van der Waals surface area contributed by atoms with Gasteiger partial charge in [0.1, 0.15) is 0 Å². The second-order valence-electron chi connectivity index (χ2n) is 5.75. The van der Waals surface area contributed by atoms with Crippen LogP contribution in [0.15, 0.2) is 36.4 Å². The molecule has 2 N–H and O–H groups in total. The average Bonchev–Trinajstić information content (AvgIpc) is 2.51. The van der Waals surface area contributed by atoms with Crippen LogP contribution in [0, 0.1) is 11.8 Å². The van der Waals surface area contributed by atoms with E-state index in [0.29, 0.717) is 12.0 Å². The van der Waals surface area contributed by atoms with Crippen LogP contribution in [0.1, 0.15) is 30.6 Å². The molecule has 1 aromatic rings. The van der Waals surface area contributed by atoms with Crippen molar-refractivity contribution in [3.63, 3.8) is 0 Å². The number of nitrogens with one attached hydrogen (secondary N) is 1. The fourth-order valence-electron chi connectivity index (χ4n) is 2.24. The summed E-state index contributed by atoms with van der Waals surface area (Å²) in [6, 6.07) is 7.53. The van der Waals surface area contributed by atoms with E-state index in [1.54, 1.807) is 6.08 Å². The number of hydrogen-bond acceptors (Lipinski definition) is 4. The first-order chi connectivity index (χ1) is 10.3. The summed E-state index contributed by atoms with van der Waals surface area (Å²) in [5, 5.41) is 8.42. The van der Waals surface area contributed by atoms with Crippen LogP contribution in [-0.4, -0.2) is 31.0 Å². The highest BCUT2D eigenvalue weighted by atomic mass is 16.5. The Hall–Kier alpha value is -2.14. The number of ketones is 1. The molecule has 5 heteroatoms. The van der Waals surface area contributed by atoms with E-state index in [-0.39, 0.29) is 17.6 Å². The summed E-state index contributed by atoms with van der Waals surface area (Å²) in [6.45, 7) is 3.82. The van der Waals surface area contributed by atoms with E-state index in [9.17, 15) is 9.59 Å². The Balaban J connectivity index is 2.64. The highest BCUT2D eigenvalue weighted by Crippen LogP contribution is 2.20. The Bertz CT molecular complexity index is 535. The Morgan fingerprint density at radius 2 is 1.82 bits per heavy atom. The van der Waals surface area contributed by atoms with Gasteiger partial charge in [0.2, 0.25) is 0 Å². The van der Waals surface area contributed by atoms with E-state index in [2.05, 4.69) is 0 Å². The second kappa shape index (κ2) is 8.34. The van der Waals surface area contributed by atoms with Gasteiger partial charge in [0.05, 0.1) is 0 Å². The molecule has 0 saturated heterocycles. The first kappa shape index (κ1) is 17.9. The summed E-state index contributed by atoms with van der Waals surface area (Å²) in [4.78, 5) is 25.3. The SMILES string of the molecule is CC(/C=C/C(=O)NO)C[C@@H](C)C(=O)c1ccc(N(C)C)cc1. The Morgan fingerprint density at radius 1 is 1.23 bits per heavy atom. The fourth-order valence-corrected chi connectivity index (χ4v) is 2.24. The molecule has 1 unspecified atom stereocenters. The molecule has 1 rings (SSSR count). The van der Waals surface area contributed by atoms with Gasteiger partial charge in [-0.2, -0.15) is 0 Å². The number of anilines is 1. The smallest absolute Gasteiger partial charge is 0.267 e. The summed E-state index contributed by atoms with van der Waals surface area (Å²) in [5.74, 6) is -0.540. The van der Waals surface area contributed by atoms with E-state index in [1.165, 1.54) is 11.6 Å². The highest BCUT2D eigenvalue weighted by molar-refractivity contribution is 5.97. The third-order valence-corrected chi connectivity index (χ3v) is 3.53. The zero-order chi connectivity index (χ0) is 16.7. The zero-order valence-electron chi connectivity index (χ0n) is 13.5. The molecule has 0 radical (unpaired) electrons. The predicted octanol–water partition coefficient (Wildman–Crippen LogP) is 2.66. The number of hydrogen-bond donors (Lipinski definition) is 2. The average molecular weight is 304 g/mol. The number of nitrogens with zero attached hydrogens (tertiary/aromatic N) is 1. The molecule has 0 heterocycles. The maximum atomic E-state index is 12.4. The minimum Gasteiger partial charge on any atom is -0.378 e. The summed E-state index contributed by atoms with van der Waals surface area (Å²) < 4.78 is 0. The zero-order valence-corrected chi connectivity index (χ0v) is 13.5. The van der Waals surface area contributed by atoms with E-state index in [4.69, 9.17) is 5.21 Å². The van der Waals surface area contributed by atoms with Gasteiger partial charge in [-0.05, 0) is 36.6 Å². The number of hydroxylamine groups is 1. The lowest BCUT2D eigenvalue weighted by Crippen LogP contribution is -2.17. The van der Waals surface area contributed by atoms with Crippen molar-refractivity contribution in [3.8, 4) is 0 Å². The molecule has 0 aliphatic rings. The summed E-state index contributed by atoms with van der Waals surface area (Å²) >= 11 is 0. The van der Waals surface area contributed by atoms with Gasteiger partial charge in [-0.3, -0.25) is 14.8 Å². The fraction of sp³-hybridized carbons (Fsp3) is 0.412. The van der Waals surface area contributed by atoms with Crippen LogP contribution in [0.5, 0.6) is 0 Å². The molecular formula is C17H24N2O3. The molecule has 1 amide bonds. The van der Waals surface area contributed by atoms with Crippen LogP contribution in [0.25, 0.3) is 0 Å². The number of carbonyl (C=O) groups excluding carboxylic acids is 2. The third-order valence-electron chi connectivity index (χ3n) is 3.53. The topological polar surface area (TPSA) is 69.6 Å². The Morgan fingerprint density at radius 3 is 2.32 bits per heavy atom. The lowest BCUT2D eigenvalue weighted by atomic mass is 9.90. The van der Waals surface area contributed by atoms with Crippen molar-refractivity contribution in [2.75, 3.05) is 19.0 Å². The number of amides is 1. The number of rotatable bonds is 7. The summed E-state index contributed by atoms with van der Waals surface area (Å²) in [7, 11) is 3.91. The van der Waals surface area contributed by atoms with Crippen LogP contribution in [-0.2, 0) is 4.79 Å². The van der Waals surface area contributed by atoms with Crippen LogP contribution >= 0.6 is 0 Å². The molecule has 22 heavy (non-hydrogen) atoms. The predicted molar refractivity (Wildman–Crippen MR) is 87.1 cm³/mol. The first-order valence-corrected chi connectivity index (χ1v) is 7.29. The maximum Gasteiger partial charge on any atom is 0.267 e. The molecule has 2 atom stereocenters. The molecule has 0 aliphatic heterocycles. The number of Topliss-reactive ketones (excluding diaryl/α,β-unsaturated/α-hetero) is 1. The minimum atomic E-state index is -0.565. The van der Waals surface area contributed by atoms with Crippen LogP contribution in [0.4, 0.5) is 5.69 Å².